The zero-order valence-electron chi connectivity index (χ0n) is 11.9. The SMILES string of the molecule is CCN1C(=O)C(=Nc2cccc([N+](=O)[O-])c2)c2ccccc21. The highest BCUT2D eigenvalue weighted by atomic mass is 16.6. The lowest BCUT2D eigenvalue weighted by Crippen LogP contribution is -2.29. The maximum Gasteiger partial charge on any atom is 0.277 e. The van der Waals surface area contributed by atoms with Gasteiger partial charge >= 0.3 is 0 Å². The minimum Gasteiger partial charge on any atom is -0.307 e. The number of benzene rings is 2. The number of aliphatic imine (C=N–C) groups is 1. The van der Waals surface area contributed by atoms with E-state index in [1.54, 1.807) is 17.0 Å². The summed E-state index contributed by atoms with van der Waals surface area (Å²) in [5.74, 6) is -0.185. The number of hydrogen-bond acceptors (Lipinski definition) is 4. The molecular weight excluding hydrogens is 282 g/mol. The fourth-order valence-electron chi connectivity index (χ4n) is 2.49. The molecule has 1 amide bonds. The Balaban J connectivity index is 2.10. The van der Waals surface area contributed by atoms with Crippen LogP contribution in [-0.2, 0) is 4.79 Å². The first kappa shape index (κ1) is 13.9. The molecule has 1 aliphatic heterocycles. The molecule has 22 heavy (non-hydrogen) atoms. The van der Waals surface area contributed by atoms with Crippen LogP contribution in [0.2, 0.25) is 0 Å². The van der Waals surface area contributed by atoms with Crippen molar-refractivity contribution in [3.8, 4) is 0 Å². The number of carbonyl (C=O) groups is 1. The van der Waals surface area contributed by atoms with Gasteiger partial charge in [0.1, 0.15) is 5.71 Å². The highest BCUT2D eigenvalue weighted by molar-refractivity contribution is 6.54. The number of hydrogen-bond donors (Lipinski definition) is 0. The van der Waals surface area contributed by atoms with Gasteiger partial charge in [-0.1, -0.05) is 24.3 Å². The molecule has 0 N–H and O–H groups in total. The monoisotopic (exact) mass is 295 g/mol. The molecule has 0 spiro atoms. The summed E-state index contributed by atoms with van der Waals surface area (Å²) in [6, 6.07) is 13.4. The van der Waals surface area contributed by atoms with E-state index < -0.39 is 4.92 Å². The van der Waals surface area contributed by atoms with Crippen LogP contribution in [0.3, 0.4) is 0 Å². The van der Waals surface area contributed by atoms with E-state index in [1.807, 2.05) is 31.2 Å². The van der Waals surface area contributed by atoms with Crippen LogP contribution < -0.4 is 4.90 Å². The Morgan fingerprint density at radius 3 is 2.68 bits per heavy atom. The molecule has 0 radical (unpaired) electrons. The van der Waals surface area contributed by atoms with Crippen molar-refractivity contribution in [3.05, 3.63) is 64.2 Å². The minimum atomic E-state index is -0.480. The van der Waals surface area contributed by atoms with Gasteiger partial charge in [0.25, 0.3) is 11.6 Å². The first-order chi connectivity index (χ1) is 10.6. The highest BCUT2D eigenvalue weighted by Crippen LogP contribution is 2.31. The molecule has 0 atom stereocenters. The first-order valence-electron chi connectivity index (χ1n) is 6.86. The fraction of sp³-hybridized carbons (Fsp3) is 0.125. The third-order valence-corrected chi connectivity index (χ3v) is 3.50. The number of rotatable bonds is 3. The number of para-hydroxylation sites is 1. The Labute approximate surface area is 126 Å². The number of anilines is 1. The molecule has 0 unspecified atom stereocenters. The highest BCUT2D eigenvalue weighted by Gasteiger charge is 2.32. The third-order valence-electron chi connectivity index (χ3n) is 3.50. The minimum absolute atomic E-state index is 0.0482. The average molecular weight is 295 g/mol. The predicted octanol–water partition coefficient (Wildman–Crippen LogP) is 3.08. The van der Waals surface area contributed by atoms with E-state index in [1.165, 1.54) is 12.1 Å². The summed E-state index contributed by atoms with van der Waals surface area (Å²) in [6.07, 6.45) is 0. The van der Waals surface area contributed by atoms with Crippen molar-refractivity contribution in [2.24, 2.45) is 4.99 Å². The summed E-state index contributed by atoms with van der Waals surface area (Å²) in [5.41, 5.74) is 2.23. The van der Waals surface area contributed by atoms with Gasteiger partial charge in [-0.25, -0.2) is 4.99 Å². The number of nitrogens with zero attached hydrogens (tertiary/aromatic N) is 3. The number of likely N-dealkylation sites (N-methyl/N-ethyl adjacent to an activating group) is 1. The summed E-state index contributed by atoms with van der Waals surface area (Å²) >= 11 is 0. The number of nitro groups is 1. The van der Waals surface area contributed by atoms with E-state index >= 15 is 0 Å². The molecule has 6 heteroatoms. The third kappa shape index (κ3) is 2.24. The van der Waals surface area contributed by atoms with E-state index in [0.717, 1.165) is 11.3 Å². The number of fused-ring (bicyclic) bond motifs is 1. The molecule has 0 bridgehead atoms. The molecule has 3 rings (SSSR count). The Morgan fingerprint density at radius 2 is 1.95 bits per heavy atom. The molecule has 0 aliphatic carbocycles. The molecule has 1 heterocycles. The second-order valence-corrected chi connectivity index (χ2v) is 4.80. The van der Waals surface area contributed by atoms with Crippen LogP contribution in [-0.4, -0.2) is 23.1 Å². The van der Waals surface area contributed by atoms with Crippen LogP contribution in [0.1, 0.15) is 12.5 Å². The van der Waals surface area contributed by atoms with Gasteiger partial charge in [0.05, 0.1) is 16.3 Å². The van der Waals surface area contributed by atoms with Crippen LogP contribution in [0.4, 0.5) is 17.1 Å². The Kier molecular flexibility index (Phi) is 3.42. The lowest BCUT2D eigenvalue weighted by Gasteiger charge is -2.12. The van der Waals surface area contributed by atoms with Gasteiger partial charge in [-0.15, -0.1) is 0 Å². The van der Waals surface area contributed by atoms with Crippen LogP contribution >= 0.6 is 0 Å². The van der Waals surface area contributed by atoms with Gasteiger partial charge in [-0.2, -0.15) is 0 Å². The largest absolute Gasteiger partial charge is 0.307 e. The molecule has 2 aromatic carbocycles. The standard InChI is InChI=1S/C16H13N3O3/c1-2-18-14-9-4-3-8-13(14)15(16(18)20)17-11-6-5-7-12(10-11)19(21)22/h3-10H,2H2,1H3. The average Bonchev–Trinajstić information content (AvgIpc) is 2.80. The lowest BCUT2D eigenvalue weighted by atomic mass is 10.1. The molecule has 2 aromatic rings. The van der Waals surface area contributed by atoms with Crippen molar-refractivity contribution in [1.82, 2.24) is 0 Å². The first-order valence-corrected chi connectivity index (χ1v) is 6.86. The summed E-state index contributed by atoms with van der Waals surface area (Å²) in [4.78, 5) is 28.8. The molecule has 110 valence electrons. The molecule has 0 saturated heterocycles. The van der Waals surface area contributed by atoms with E-state index in [9.17, 15) is 14.9 Å². The van der Waals surface area contributed by atoms with Crippen molar-refractivity contribution in [2.45, 2.75) is 6.92 Å². The lowest BCUT2D eigenvalue weighted by molar-refractivity contribution is -0.384. The van der Waals surface area contributed by atoms with Gasteiger partial charge in [-0.05, 0) is 19.1 Å². The van der Waals surface area contributed by atoms with E-state index in [2.05, 4.69) is 4.99 Å². The van der Waals surface area contributed by atoms with Gasteiger partial charge in [-0.3, -0.25) is 14.9 Å². The van der Waals surface area contributed by atoms with Crippen molar-refractivity contribution in [2.75, 3.05) is 11.4 Å². The van der Waals surface area contributed by atoms with Crippen molar-refractivity contribution in [1.29, 1.82) is 0 Å². The molecule has 1 aliphatic rings. The van der Waals surface area contributed by atoms with E-state index in [0.29, 0.717) is 17.9 Å². The quantitative estimate of drug-likeness (QED) is 0.645. The molecular formula is C16H13N3O3. The summed E-state index contributed by atoms with van der Waals surface area (Å²) in [5, 5.41) is 10.8. The maximum atomic E-state index is 12.5. The van der Waals surface area contributed by atoms with Crippen molar-refractivity contribution < 1.29 is 9.72 Å². The number of nitro benzene ring substituents is 1. The second-order valence-electron chi connectivity index (χ2n) is 4.80. The topological polar surface area (TPSA) is 75.8 Å². The number of non-ortho nitro benzene ring substituents is 1. The van der Waals surface area contributed by atoms with Crippen LogP contribution in [0.25, 0.3) is 0 Å². The second kappa shape index (κ2) is 5.40. The van der Waals surface area contributed by atoms with Crippen LogP contribution in [0, 0.1) is 10.1 Å². The summed E-state index contributed by atoms with van der Waals surface area (Å²) < 4.78 is 0. The summed E-state index contributed by atoms with van der Waals surface area (Å²) in [6.45, 7) is 2.44. The van der Waals surface area contributed by atoms with Gasteiger partial charge in [0.15, 0.2) is 0 Å². The van der Waals surface area contributed by atoms with Gasteiger partial charge in [0.2, 0.25) is 0 Å². The Hall–Kier alpha value is -3.02. The van der Waals surface area contributed by atoms with Gasteiger partial charge in [0, 0.05) is 24.2 Å². The predicted molar refractivity (Wildman–Crippen MR) is 83.8 cm³/mol. The summed E-state index contributed by atoms with van der Waals surface area (Å²) in [7, 11) is 0. The molecule has 0 fully saturated rings. The smallest absolute Gasteiger partial charge is 0.277 e. The zero-order valence-corrected chi connectivity index (χ0v) is 11.9. The maximum absolute atomic E-state index is 12.5. The van der Waals surface area contributed by atoms with Crippen LogP contribution in [0.15, 0.2) is 53.5 Å². The fourth-order valence-corrected chi connectivity index (χ4v) is 2.49. The number of amides is 1. The van der Waals surface area contributed by atoms with E-state index in [4.69, 9.17) is 0 Å². The van der Waals surface area contributed by atoms with E-state index in [-0.39, 0.29) is 11.6 Å². The normalized spacial score (nSPS) is 15.2. The Morgan fingerprint density at radius 1 is 1.18 bits per heavy atom. The number of carbonyl (C=O) groups excluding carboxylic acids is 1. The zero-order chi connectivity index (χ0) is 15.7. The molecule has 6 nitrogen and oxygen atoms in total. The van der Waals surface area contributed by atoms with Crippen molar-refractivity contribution >= 4 is 28.7 Å². The van der Waals surface area contributed by atoms with Crippen LogP contribution in [0.5, 0.6) is 0 Å². The Bertz CT molecular complexity index is 799. The van der Waals surface area contributed by atoms with Crippen molar-refractivity contribution in [3.63, 3.8) is 0 Å². The van der Waals surface area contributed by atoms with Gasteiger partial charge < -0.3 is 4.90 Å². The molecule has 0 aromatic heterocycles. The molecule has 0 saturated carbocycles.